The summed E-state index contributed by atoms with van der Waals surface area (Å²) in [6.45, 7) is 10.9. The Morgan fingerprint density at radius 2 is 0.448 bits per heavy atom. The third kappa shape index (κ3) is 14.9. The van der Waals surface area contributed by atoms with Crippen molar-refractivity contribution < 1.29 is 163 Å². The monoisotopic (exact) mass is 1030 g/mol. The molecule has 28 heteroatoms. The summed E-state index contributed by atoms with van der Waals surface area (Å²) in [6.07, 6.45) is -20.7. The van der Waals surface area contributed by atoms with Crippen molar-refractivity contribution in [3.8, 4) is 0 Å². The summed E-state index contributed by atoms with van der Waals surface area (Å²) in [5.41, 5.74) is -3.97. The number of carbonyl (C=O) groups excluding carboxylic acids is 3. The molecule has 0 aromatic carbocycles. The predicted octanol–water partition coefficient (Wildman–Crippen LogP) is 11.6. The molecular formula is C30H33F21O6Pr. The Kier molecular flexibility index (Phi) is 20.4. The van der Waals surface area contributed by atoms with E-state index < -0.39 is 105 Å². The molecule has 0 aliphatic carbocycles. The van der Waals surface area contributed by atoms with Crippen LogP contribution in [-0.4, -0.2) is 86.7 Å². The minimum Gasteiger partial charge on any atom is -0.506 e. The summed E-state index contributed by atoms with van der Waals surface area (Å²) < 4.78 is 259. The smallest absolute Gasteiger partial charge is 0.460 e. The van der Waals surface area contributed by atoms with Crippen molar-refractivity contribution in [3.63, 3.8) is 0 Å². The molecule has 0 saturated heterocycles. The Hall–Kier alpha value is -2.48. The van der Waals surface area contributed by atoms with Gasteiger partial charge >= 0.3 is 54.1 Å². The maximum atomic E-state index is 12.9. The van der Waals surface area contributed by atoms with E-state index in [1.165, 1.54) is 62.3 Å². The molecular weight excluding hydrogens is 996 g/mol. The van der Waals surface area contributed by atoms with Crippen LogP contribution in [0.15, 0.2) is 35.5 Å². The maximum Gasteiger partial charge on any atom is 0.460 e. The molecule has 1 radical (unpaired) electrons. The van der Waals surface area contributed by atoms with Gasteiger partial charge in [0.25, 0.3) is 0 Å². The van der Waals surface area contributed by atoms with E-state index in [2.05, 4.69) is 0 Å². The molecule has 0 rings (SSSR count). The van der Waals surface area contributed by atoms with Crippen LogP contribution in [-0.2, 0) is 14.4 Å². The van der Waals surface area contributed by atoms with E-state index in [1.54, 1.807) is 0 Å². The van der Waals surface area contributed by atoms with Gasteiger partial charge in [0.1, 0.15) is 0 Å². The van der Waals surface area contributed by atoms with Crippen LogP contribution in [0.3, 0.4) is 0 Å². The Morgan fingerprint density at radius 3 is 0.534 bits per heavy atom. The van der Waals surface area contributed by atoms with Gasteiger partial charge in [-0.15, -0.1) is 0 Å². The SMILES string of the molecule is CC(C)(C)C(=O)C=C(O)C(F)(F)C(F)(F)C(F)(F)F.CC(C)(C)C(=O)C=C(O)C(F)(F)C(F)(F)C(F)(F)F.CC(C)(C)C(=O)C=C(O)C(F)(F)C(F)(F)C(F)(F)F.[Pr]. The van der Waals surface area contributed by atoms with Crippen LogP contribution in [0, 0.1) is 57.5 Å². The molecule has 0 aliphatic heterocycles. The first-order valence-corrected chi connectivity index (χ1v) is 14.5. The molecule has 58 heavy (non-hydrogen) atoms. The van der Waals surface area contributed by atoms with Gasteiger partial charge in [0, 0.05) is 75.8 Å². The van der Waals surface area contributed by atoms with Gasteiger partial charge in [-0.2, -0.15) is 92.2 Å². The number of hydrogen-bond donors (Lipinski definition) is 3. The molecule has 0 atom stereocenters. The van der Waals surface area contributed by atoms with E-state index >= 15 is 0 Å². The van der Waals surface area contributed by atoms with Crippen LogP contribution in [0.25, 0.3) is 0 Å². The Bertz CT molecular complexity index is 1350. The van der Waals surface area contributed by atoms with E-state index in [1.807, 2.05) is 0 Å². The largest absolute Gasteiger partial charge is 0.506 e. The van der Waals surface area contributed by atoms with E-state index in [4.69, 9.17) is 15.3 Å². The van der Waals surface area contributed by atoms with Crippen molar-refractivity contribution in [1.82, 2.24) is 0 Å². The fourth-order valence-electron chi connectivity index (χ4n) is 2.31. The molecule has 0 aromatic rings. The average molecular weight is 1030 g/mol. The standard InChI is InChI=1S/3C10H11F7O2.Pr/c3*1-7(2,3)5(18)4-6(19)8(11,12)9(13,14)10(15,16)17;/h3*4,19H,1-3H3;. The molecule has 0 heterocycles. The molecule has 0 bridgehead atoms. The fourth-order valence-corrected chi connectivity index (χ4v) is 2.31. The first-order chi connectivity index (χ1) is 24.1. The molecule has 0 amide bonds. The van der Waals surface area contributed by atoms with Gasteiger partial charge in [0.2, 0.25) is 0 Å². The van der Waals surface area contributed by atoms with E-state index in [9.17, 15) is 107 Å². The van der Waals surface area contributed by atoms with Crippen LogP contribution in [0.1, 0.15) is 62.3 Å². The number of halogens is 21. The van der Waals surface area contributed by atoms with Gasteiger partial charge in [0.05, 0.1) is 0 Å². The van der Waals surface area contributed by atoms with Crippen LogP contribution in [0.2, 0.25) is 0 Å². The summed E-state index contributed by atoms with van der Waals surface area (Å²) in [5, 5.41) is 26.2. The zero-order valence-corrected chi connectivity index (χ0v) is 34.5. The molecule has 0 fully saturated rings. The number of allylic oxidation sites excluding steroid dienone is 6. The number of rotatable bonds is 9. The summed E-state index contributed by atoms with van der Waals surface area (Å²) in [7, 11) is 0. The fraction of sp³-hybridized carbons (Fsp3) is 0.700. The number of hydrogen-bond acceptors (Lipinski definition) is 6. The van der Waals surface area contributed by atoms with Crippen molar-refractivity contribution >= 4 is 17.3 Å². The van der Waals surface area contributed by atoms with Gasteiger partial charge in [-0.3, -0.25) is 14.4 Å². The van der Waals surface area contributed by atoms with E-state index in [0.717, 1.165) is 0 Å². The van der Waals surface area contributed by atoms with Gasteiger partial charge in [-0.25, -0.2) is 0 Å². The maximum absolute atomic E-state index is 12.9. The van der Waals surface area contributed by atoms with E-state index in [-0.39, 0.29) is 59.5 Å². The van der Waals surface area contributed by atoms with Crippen molar-refractivity contribution in [2.24, 2.45) is 16.2 Å². The van der Waals surface area contributed by atoms with Gasteiger partial charge < -0.3 is 15.3 Å². The third-order valence-electron chi connectivity index (χ3n) is 6.24. The molecule has 6 nitrogen and oxygen atoms in total. The Labute approximate surface area is 347 Å². The summed E-state index contributed by atoms with van der Waals surface area (Å²) in [4.78, 5) is 33.6. The predicted molar refractivity (Wildman–Crippen MR) is 153 cm³/mol. The first kappa shape index (κ1) is 62.2. The summed E-state index contributed by atoms with van der Waals surface area (Å²) in [5.74, 6) is -48.8. The summed E-state index contributed by atoms with van der Waals surface area (Å²) in [6, 6.07) is 0. The second kappa shape index (κ2) is 19.1. The average Bonchev–Trinajstić information content (AvgIpc) is 2.93. The van der Waals surface area contributed by atoms with Gasteiger partial charge in [0.15, 0.2) is 34.6 Å². The van der Waals surface area contributed by atoms with Gasteiger partial charge in [-0.05, 0) is 0 Å². The zero-order chi connectivity index (χ0) is 47.6. The Balaban J connectivity index is -0.000000374. The number of aliphatic hydroxyl groups excluding tert-OH is 3. The van der Waals surface area contributed by atoms with Crippen LogP contribution >= 0.6 is 0 Å². The molecule has 0 aliphatic rings. The van der Waals surface area contributed by atoms with Crippen molar-refractivity contribution in [2.45, 2.75) is 116 Å². The minimum atomic E-state index is -6.57. The number of ketones is 3. The van der Waals surface area contributed by atoms with Gasteiger partial charge in [-0.1, -0.05) is 62.3 Å². The second-order valence-corrected chi connectivity index (χ2v) is 14.4. The van der Waals surface area contributed by atoms with Crippen molar-refractivity contribution in [1.29, 1.82) is 0 Å². The number of alkyl halides is 21. The van der Waals surface area contributed by atoms with E-state index in [0.29, 0.717) is 0 Å². The molecule has 0 spiro atoms. The number of aliphatic hydroxyl groups is 3. The molecule has 3 N–H and O–H groups in total. The normalized spacial score (nSPS) is 15.3. The van der Waals surface area contributed by atoms with Crippen molar-refractivity contribution in [2.75, 3.05) is 0 Å². The van der Waals surface area contributed by atoms with Crippen LogP contribution in [0.5, 0.6) is 0 Å². The van der Waals surface area contributed by atoms with Crippen LogP contribution in [0.4, 0.5) is 92.2 Å². The first-order valence-electron chi connectivity index (χ1n) is 14.5. The molecule has 0 saturated carbocycles. The minimum absolute atomic E-state index is 0. The number of carbonyl (C=O) groups is 3. The molecule has 0 aromatic heterocycles. The quantitative estimate of drug-likeness (QED) is 0.121. The second-order valence-electron chi connectivity index (χ2n) is 14.4. The van der Waals surface area contributed by atoms with Crippen LogP contribution < -0.4 is 0 Å². The zero-order valence-electron chi connectivity index (χ0n) is 30.8. The van der Waals surface area contributed by atoms with Crippen molar-refractivity contribution in [3.05, 3.63) is 35.5 Å². The molecule has 0 unspecified atom stereocenters. The summed E-state index contributed by atoms with van der Waals surface area (Å²) >= 11 is 0. The third-order valence-corrected chi connectivity index (χ3v) is 6.24. The topological polar surface area (TPSA) is 112 Å². The Morgan fingerprint density at radius 1 is 0.328 bits per heavy atom. The molecule has 339 valence electrons.